The molecule has 0 unspecified atom stereocenters. The summed E-state index contributed by atoms with van der Waals surface area (Å²) in [7, 11) is 0. The van der Waals surface area contributed by atoms with Crippen LogP contribution in [-0.4, -0.2) is 23.2 Å². The molecule has 132 valence electrons. The number of halogens is 1. The van der Waals surface area contributed by atoms with Crippen molar-refractivity contribution in [2.45, 2.75) is 38.3 Å². The average Bonchev–Trinajstić information content (AvgIpc) is 3.12. The summed E-state index contributed by atoms with van der Waals surface area (Å²) in [6, 6.07) is 9.22. The minimum Gasteiger partial charge on any atom is -0.368 e. The highest BCUT2D eigenvalue weighted by Gasteiger charge is 2.17. The van der Waals surface area contributed by atoms with Crippen LogP contribution in [0.25, 0.3) is 0 Å². The zero-order chi connectivity index (χ0) is 17.6. The second kappa shape index (κ2) is 8.07. The van der Waals surface area contributed by atoms with Crippen molar-refractivity contribution in [1.29, 1.82) is 0 Å². The van der Waals surface area contributed by atoms with Gasteiger partial charge >= 0.3 is 0 Å². The minimum absolute atomic E-state index is 0.0447. The molecule has 1 heterocycles. The van der Waals surface area contributed by atoms with Crippen molar-refractivity contribution in [2.75, 3.05) is 11.9 Å². The van der Waals surface area contributed by atoms with Crippen molar-refractivity contribution in [1.82, 2.24) is 4.57 Å². The molecule has 25 heavy (non-hydrogen) atoms. The molecule has 0 saturated heterocycles. The fourth-order valence-corrected chi connectivity index (χ4v) is 2.98. The Bertz CT molecular complexity index is 780. The molecule has 0 aliphatic heterocycles. The first-order chi connectivity index (χ1) is 12.1. The molecule has 1 aliphatic carbocycles. The molecule has 1 amide bonds. The van der Waals surface area contributed by atoms with E-state index in [0.717, 1.165) is 31.2 Å². The van der Waals surface area contributed by atoms with Crippen LogP contribution in [0.15, 0.2) is 47.4 Å². The largest absolute Gasteiger partial charge is 0.368 e. The third kappa shape index (κ3) is 4.76. The fraction of sp³-hybridized carbons (Fsp3) is 0.368. The second-order valence-electron chi connectivity index (χ2n) is 6.25. The van der Waals surface area contributed by atoms with Crippen LogP contribution in [0.1, 0.15) is 31.2 Å². The number of pyridine rings is 1. The standard InChI is InChI=1S/C19H21FN2O3/c20-15-9-7-14(8-10-15)12-22-11-3-6-17(19(22)24)21-18(23)13-25-16-4-1-2-5-16/h3,6-11,16H,1-2,4-5,12-13H2,(H,21,23). The maximum absolute atomic E-state index is 13.0. The Kier molecular flexibility index (Phi) is 5.60. The molecule has 6 heteroatoms. The average molecular weight is 344 g/mol. The van der Waals surface area contributed by atoms with Crippen LogP contribution in [0.3, 0.4) is 0 Å². The quantitative estimate of drug-likeness (QED) is 0.876. The first-order valence-electron chi connectivity index (χ1n) is 8.47. The Morgan fingerprint density at radius 3 is 2.64 bits per heavy atom. The number of hydrogen-bond acceptors (Lipinski definition) is 3. The molecule has 1 fully saturated rings. The third-order valence-corrected chi connectivity index (χ3v) is 4.31. The number of amides is 1. The number of ether oxygens (including phenoxy) is 1. The van der Waals surface area contributed by atoms with E-state index in [1.165, 1.54) is 16.7 Å². The lowest BCUT2D eigenvalue weighted by molar-refractivity contribution is -0.122. The van der Waals surface area contributed by atoms with E-state index in [1.54, 1.807) is 30.5 Å². The summed E-state index contributed by atoms with van der Waals surface area (Å²) in [6.07, 6.45) is 6.04. The maximum atomic E-state index is 13.0. The van der Waals surface area contributed by atoms with Crippen molar-refractivity contribution in [3.8, 4) is 0 Å². The molecule has 3 rings (SSSR count). The molecule has 1 saturated carbocycles. The van der Waals surface area contributed by atoms with Gasteiger partial charge in [-0.3, -0.25) is 9.59 Å². The summed E-state index contributed by atoms with van der Waals surface area (Å²) in [4.78, 5) is 24.5. The van der Waals surface area contributed by atoms with E-state index in [9.17, 15) is 14.0 Å². The third-order valence-electron chi connectivity index (χ3n) is 4.31. The van der Waals surface area contributed by atoms with E-state index in [4.69, 9.17) is 4.74 Å². The summed E-state index contributed by atoms with van der Waals surface area (Å²) in [5, 5.41) is 2.61. The smallest absolute Gasteiger partial charge is 0.274 e. The van der Waals surface area contributed by atoms with Gasteiger partial charge in [-0.25, -0.2) is 4.39 Å². The molecule has 1 N–H and O–H groups in total. The summed E-state index contributed by atoms with van der Waals surface area (Å²) >= 11 is 0. The zero-order valence-electron chi connectivity index (χ0n) is 13.9. The van der Waals surface area contributed by atoms with E-state index in [1.807, 2.05) is 0 Å². The Morgan fingerprint density at radius 2 is 1.92 bits per heavy atom. The molecule has 1 aromatic carbocycles. The number of aromatic nitrogens is 1. The molecular weight excluding hydrogens is 323 g/mol. The molecule has 0 radical (unpaired) electrons. The van der Waals surface area contributed by atoms with E-state index >= 15 is 0 Å². The van der Waals surface area contributed by atoms with Gasteiger partial charge in [0.25, 0.3) is 11.5 Å². The van der Waals surface area contributed by atoms with E-state index in [2.05, 4.69) is 5.32 Å². The zero-order valence-corrected chi connectivity index (χ0v) is 13.9. The van der Waals surface area contributed by atoms with E-state index < -0.39 is 0 Å². The molecule has 0 bridgehead atoms. The number of hydrogen-bond donors (Lipinski definition) is 1. The first-order valence-corrected chi connectivity index (χ1v) is 8.47. The van der Waals surface area contributed by atoms with Crippen molar-refractivity contribution in [2.24, 2.45) is 0 Å². The molecule has 1 aliphatic rings. The topological polar surface area (TPSA) is 60.3 Å². The van der Waals surface area contributed by atoms with Crippen molar-refractivity contribution < 1.29 is 13.9 Å². The predicted octanol–water partition coefficient (Wildman–Crippen LogP) is 2.93. The van der Waals surface area contributed by atoms with Crippen molar-refractivity contribution in [3.63, 3.8) is 0 Å². The highest BCUT2D eigenvalue weighted by Crippen LogP contribution is 2.20. The highest BCUT2D eigenvalue weighted by molar-refractivity contribution is 5.91. The van der Waals surface area contributed by atoms with Gasteiger partial charge in [-0.05, 0) is 42.7 Å². The van der Waals surface area contributed by atoms with Gasteiger partial charge in [0, 0.05) is 6.20 Å². The number of carbonyl (C=O) groups excluding carboxylic acids is 1. The van der Waals surface area contributed by atoms with E-state index in [-0.39, 0.29) is 35.7 Å². The Balaban J connectivity index is 1.62. The molecular formula is C19H21FN2O3. The molecule has 5 nitrogen and oxygen atoms in total. The summed E-state index contributed by atoms with van der Waals surface area (Å²) in [5.41, 5.74) is 0.710. The minimum atomic E-state index is -0.330. The Labute approximate surface area is 145 Å². The number of carbonyl (C=O) groups is 1. The predicted molar refractivity (Wildman–Crippen MR) is 93.0 cm³/mol. The van der Waals surface area contributed by atoms with Gasteiger partial charge in [-0.2, -0.15) is 0 Å². The second-order valence-corrected chi connectivity index (χ2v) is 6.25. The van der Waals surface area contributed by atoms with Gasteiger partial charge in [0.1, 0.15) is 18.1 Å². The lowest BCUT2D eigenvalue weighted by Gasteiger charge is -2.12. The number of nitrogens with one attached hydrogen (secondary N) is 1. The van der Waals surface area contributed by atoms with Crippen LogP contribution in [0.4, 0.5) is 10.1 Å². The summed E-state index contributed by atoms with van der Waals surface area (Å²) < 4.78 is 20.0. The summed E-state index contributed by atoms with van der Waals surface area (Å²) in [5.74, 6) is -0.650. The Hall–Kier alpha value is -2.47. The molecule has 2 aromatic rings. The molecule has 0 spiro atoms. The van der Waals surface area contributed by atoms with Crippen molar-refractivity contribution >= 4 is 11.6 Å². The fourth-order valence-electron chi connectivity index (χ4n) is 2.98. The normalized spacial score (nSPS) is 14.6. The molecule has 0 atom stereocenters. The van der Waals surface area contributed by atoms with Gasteiger partial charge in [0.05, 0.1) is 12.6 Å². The number of benzene rings is 1. The van der Waals surface area contributed by atoms with Crippen LogP contribution in [0, 0.1) is 5.82 Å². The first kappa shape index (κ1) is 17.4. The molecule has 1 aromatic heterocycles. The number of rotatable bonds is 6. The lowest BCUT2D eigenvalue weighted by Crippen LogP contribution is -2.28. The van der Waals surface area contributed by atoms with E-state index in [0.29, 0.717) is 6.54 Å². The lowest BCUT2D eigenvalue weighted by atomic mass is 10.2. The van der Waals surface area contributed by atoms with Crippen LogP contribution < -0.4 is 10.9 Å². The number of anilines is 1. The number of nitrogens with zero attached hydrogens (tertiary/aromatic N) is 1. The van der Waals surface area contributed by atoms with Crippen molar-refractivity contribution in [3.05, 3.63) is 64.3 Å². The monoisotopic (exact) mass is 344 g/mol. The maximum Gasteiger partial charge on any atom is 0.274 e. The van der Waals surface area contributed by atoms with Crippen LogP contribution >= 0.6 is 0 Å². The summed E-state index contributed by atoms with van der Waals surface area (Å²) in [6.45, 7) is 0.262. The van der Waals surface area contributed by atoms with Crippen LogP contribution in [0.2, 0.25) is 0 Å². The van der Waals surface area contributed by atoms with Crippen LogP contribution in [-0.2, 0) is 16.1 Å². The van der Waals surface area contributed by atoms with Gasteiger partial charge in [-0.1, -0.05) is 25.0 Å². The van der Waals surface area contributed by atoms with Crippen LogP contribution in [0.5, 0.6) is 0 Å². The Morgan fingerprint density at radius 1 is 1.20 bits per heavy atom. The highest BCUT2D eigenvalue weighted by atomic mass is 19.1. The van der Waals surface area contributed by atoms with Gasteiger partial charge < -0.3 is 14.6 Å². The SMILES string of the molecule is O=C(COC1CCCC1)Nc1cccn(Cc2ccc(F)cc2)c1=O. The van der Waals surface area contributed by atoms with Gasteiger partial charge in [-0.15, -0.1) is 0 Å². The van der Waals surface area contributed by atoms with Gasteiger partial charge in [0.2, 0.25) is 0 Å². The van der Waals surface area contributed by atoms with Gasteiger partial charge in [0.15, 0.2) is 0 Å².